The maximum absolute atomic E-state index is 3.52. The van der Waals surface area contributed by atoms with Crippen molar-refractivity contribution in [3.63, 3.8) is 0 Å². The lowest BCUT2D eigenvalue weighted by molar-refractivity contribution is 0.339. The minimum absolute atomic E-state index is 0. The third-order valence-electron chi connectivity index (χ3n) is 2.50. The summed E-state index contributed by atoms with van der Waals surface area (Å²) in [6, 6.07) is 0.804. The van der Waals surface area contributed by atoms with Gasteiger partial charge in [-0.05, 0) is 31.8 Å². The van der Waals surface area contributed by atoms with Crippen LogP contribution in [0.3, 0.4) is 0 Å². The smallest absolute Gasteiger partial charge is 0.0232 e. The first-order valence-corrected chi connectivity index (χ1v) is 3.91. The standard InChI is InChI=1S/C7H14N2.2ClH/c1-2-6-4-8-5-7(6)9-3-1;;/h6-9H,1-5H2;2*1H/t6-,7+;;/m1../s1. The van der Waals surface area contributed by atoms with Crippen LogP contribution in [0.15, 0.2) is 0 Å². The van der Waals surface area contributed by atoms with Crippen molar-refractivity contribution in [2.24, 2.45) is 5.92 Å². The molecule has 0 aromatic rings. The molecule has 2 nitrogen and oxygen atoms in total. The van der Waals surface area contributed by atoms with E-state index < -0.39 is 0 Å². The van der Waals surface area contributed by atoms with Gasteiger partial charge in [-0.2, -0.15) is 0 Å². The first-order chi connectivity index (χ1) is 4.47. The molecular formula is C7H16Cl2N2. The van der Waals surface area contributed by atoms with Crippen LogP contribution in [0.1, 0.15) is 12.8 Å². The Morgan fingerprint density at radius 1 is 1.09 bits per heavy atom. The molecule has 0 aromatic carbocycles. The van der Waals surface area contributed by atoms with E-state index >= 15 is 0 Å². The highest BCUT2D eigenvalue weighted by atomic mass is 35.5. The molecule has 2 atom stereocenters. The molecule has 2 saturated heterocycles. The van der Waals surface area contributed by atoms with Crippen molar-refractivity contribution in [2.45, 2.75) is 18.9 Å². The number of fused-ring (bicyclic) bond motifs is 1. The van der Waals surface area contributed by atoms with Gasteiger partial charge < -0.3 is 10.6 Å². The van der Waals surface area contributed by atoms with E-state index in [-0.39, 0.29) is 24.8 Å². The van der Waals surface area contributed by atoms with Crippen molar-refractivity contribution in [3.05, 3.63) is 0 Å². The number of halogens is 2. The molecule has 0 spiro atoms. The molecule has 11 heavy (non-hydrogen) atoms. The normalized spacial score (nSPS) is 34.9. The van der Waals surface area contributed by atoms with E-state index in [0.29, 0.717) is 0 Å². The van der Waals surface area contributed by atoms with Gasteiger partial charge in [0, 0.05) is 12.6 Å². The average Bonchev–Trinajstić information content (AvgIpc) is 2.33. The highest BCUT2D eigenvalue weighted by Crippen LogP contribution is 2.18. The number of piperidine rings is 1. The van der Waals surface area contributed by atoms with Crippen LogP contribution in [0.4, 0.5) is 0 Å². The van der Waals surface area contributed by atoms with Crippen LogP contribution >= 0.6 is 24.8 Å². The van der Waals surface area contributed by atoms with Crippen molar-refractivity contribution >= 4 is 24.8 Å². The summed E-state index contributed by atoms with van der Waals surface area (Å²) in [5.74, 6) is 0.943. The maximum Gasteiger partial charge on any atom is 0.0232 e. The second kappa shape index (κ2) is 5.20. The highest BCUT2D eigenvalue weighted by Gasteiger charge is 2.28. The molecule has 0 radical (unpaired) electrons. The Bertz CT molecular complexity index is 98.6. The SMILES string of the molecule is C1CN[C@H]2CNC[C@H]2C1.Cl.Cl. The zero-order valence-corrected chi connectivity index (χ0v) is 8.14. The number of rotatable bonds is 0. The molecule has 0 saturated carbocycles. The summed E-state index contributed by atoms with van der Waals surface area (Å²) < 4.78 is 0. The molecule has 68 valence electrons. The van der Waals surface area contributed by atoms with Gasteiger partial charge in [0.2, 0.25) is 0 Å². The fourth-order valence-corrected chi connectivity index (χ4v) is 1.93. The summed E-state index contributed by atoms with van der Waals surface area (Å²) in [4.78, 5) is 0. The van der Waals surface area contributed by atoms with E-state index in [1.165, 1.54) is 32.5 Å². The Morgan fingerprint density at radius 3 is 2.64 bits per heavy atom. The van der Waals surface area contributed by atoms with E-state index in [2.05, 4.69) is 10.6 Å². The van der Waals surface area contributed by atoms with Crippen LogP contribution in [-0.4, -0.2) is 25.7 Å². The zero-order valence-electron chi connectivity index (χ0n) is 6.51. The van der Waals surface area contributed by atoms with Gasteiger partial charge in [-0.15, -0.1) is 24.8 Å². The first kappa shape index (κ1) is 11.5. The van der Waals surface area contributed by atoms with Crippen LogP contribution < -0.4 is 10.6 Å². The first-order valence-electron chi connectivity index (χ1n) is 3.91. The van der Waals surface area contributed by atoms with E-state index in [0.717, 1.165) is 12.0 Å². The molecule has 2 heterocycles. The predicted molar refractivity (Wildman–Crippen MR) is 51.9 cm³/mol. The molecule has 2 fully saturated rings. The Kier molecular flexibility index (Phi) is 5.44. The molecule has 2 N–H and O–H groups in total. The summed E-state index contributed by atoms with van der Waals surface area (Å²) >= 11 is 0. The minimum atomic E-state index is 0. The topological polar surface area (TPSA) is 24.1 Å². The molecule has 2 aliphatic rings. The quantitative estimate of drug-likeness (QED) is 0.603. The van der Waals surface area contributed by atoms with Crippen molar-refractivity contribution in [2.75, 3.05) is 19.6 Å². The van der Waals surface area contributed by atoms with Gasteiger partial charge in [0.25, 0.3) is 0 Å². The summed E-state index contributed by atoms with van der Waals surface area (Å²) in [6.45, 7) is 3.69. The Morgan fingerprint density at radius 2 is 1.91 bits per heavy atom. The molecule has 4 heteroatoms. The number of hydrogen-bond acceptors (Lipinski definition) is 2. The molecule has 0 amide bonds. The second-order valence-corrected chi connectivity index (χ2v) is 3.12. The monoisotopic (exact) mass is 198 g/mol. The largest absolute Gasteiger partial charge is 0.315 e. The fraction of sp³-hybridized carbons (Fsp3) is 1.00. The van der Waals surface area contributed by atoms with Gasteiger partial charge in [0.1, 0.15) is 0 Å². The predicted octanol–water partition coefficient (Wildman–Crippen LogP) is 0.801. The van der Waals surface area contributed by atoms with Crippen LogP contribution in [0.2, 0.25) is 0 Å². The van der Waals surface area contributed by atoms with Gasteiger partial charge >= 0.3 is 0 Å². The summed E-state index contributed by atoms with van der Waals surface area (Å²) in [5, 5.41) is 6.92. The maximum atomic E-state index is 3.52. The van der Waals surface area contributed by atoms with Crippen molar-refractivity contribution in [1.82, 2.24) is 10.6 Å². The highest BCUT2D eigenvalue weighted by molar-refractivity contribution is 5.85. The molecule has 0 aromatic heterocycles. The van der Waals surface area contributed by atoms with Gasteiger partial charge in [-0.3, -0.25) is 0 Å². The van der Waals surface area contributed by atoms with E-state index in [1.54, 1.807) is 0 Å². The van der Waals surface area contributed by atoms with Gasteiger partial charge in [-0.25, -0.2) is 0 Å². The third-order valence-corrected chi connectivity index (χ3v) is 2.50. The number of hydrogen-bond donors (Lipinski definition) is 2. The Labute approximate surface area is 80.3 Å². The van der Waals surface area contributed by atoms with Crippen LogP contribution in [0, 0.1) is 5.92 Å². The molecule has 2 rings (SSSR count). The summed E-state index contributed by atoms with van der Waals surface area (Å²) in [5.41, 5.74) is 0. The zero-order chi connectivity index (χ0) is 6.10. The molecule has 0 unspecified atom stereocenters. The molecule has 0 bridgehead atoms. The number of nitrogens with one attached hydrogen (secondary N) is 2. The molecule has 0 aliphatic carbocycles. The summed E-state index contributed by atoms with van der Waals surface area (Å²) in [7, 11) is 0. The van der Waals surface area contributed by atoms with Crippen molar-refractivity contribution in [3.8, 4) is 0 Å². The Balaban J connectivity index is 0.000000500. The van der Waals surface area contributed by atoms with E-state index in [9.17, 15) is 0 Å². The lowest BCUT2D eigenvalue weighted by atomic mass is 9.94. The lowest BCUT2D eigenvalue weighted by Gasteiger charge is -2.24. The minimum Gasteiger partial charge on any atom is -0.315 e. The fourth-order valence-electron chi connectivity index (χ4n) is 1.93. The second-order valence-electron chi connectivity index (χ2n) is 3.12. The van der Waals surface area contributed by atoms with Crippen molar-refractivity contribution < 1.29 is 0 Å². The van der Waals surface area contributed by atoms with E-state index in [1.807, 2.05) is 0 Å². The van der Waals surface area contributed by atoms with Crippen LogP contribution in [0.5, 0.6) is 0 Å². The van der Waals surface area contributed by atoms with Gasteiger partial charge in [0.15, 0.2) is 0 Å². The summed E-state index contributed by atoms with van der Waals surface area (Å²) in [6.07, 6.45) is 2.81. The molecule has 2 aliphatic heterocycles. The van der Waals surface area contributed by atoms with Crippen LogP contribution in [0.25, 0.3) is 0 Å². The average molecular weight is 199 g/mol. The third kappa shape index (κ3) is 2.48. The Hall–Kier alpha value is 0.500. The van der Waals surface area contributed by atoms with E-state index in [4.69, 9.17) is 0 Å². The van der Waals surface area contributed by atoms with Crippen molar-refractivity contribution in [1.29, 1.82) is 0 Å². The lowest BCUT2D eigenvalue weighted by Crippen LogP contribution is -2.40. The van der Waals surface area contributed by atoms with Gasteiger partial charge in [-0.1, -0.05) is 0 Å². The van der Waals surface area contributed by atoms with Crippen LogP contribution in [-0.2, 0) is 0 Å². The molecular weight excluding hydrogens is 183 g/mol. The van der Waals surface area contributed by atoms with Gasteiger partial charge in [0.05, 0.1) is 0 Å².